The van der Waals surface area contributed by atoms with Crippen LogP contribution in [0, 0.1) is 0 Å². The first-order chi connectivity index (χ1) is 14.1. The summed E-state index contributed by atoms with van der Waals surface area (Å²) >= 11 is 0. The van der Waals surface area contributed by atoms with E-state index in [0.717, 1.165) is 28.7 Å². The van der Waals surface area contributed by atoms with Gasteiger partial charge >= 0.3 is 0 Å². The van der Waals surface area contributed by atoms with Gasteiger partial charge in [-0.3, -0.25) is 19.1 Å². The molecule has 7 heteroatoms. The number of rotatable bonds is 7. The van der Waals surface area contributed by atoms with Gasteiger partial charge < -0.3 is 10.1 Å². The number of anilines is 2. The summed E-state index contributed by atoms with van der Waals surface area (Å²) in [7, 11) is 1.60. The molecule has 0 saturated heterocycles. The number of carbonyl (C=O) groups is 2. The minimum absolute atomic E-state index is 0.0493. The number of imidazole rings is 1. The van der Waals surface area contributed by atoms with Gasteiger partial charge in [0, 0.05) is 12.8 Å². The standard InChI is InChI=1S/C22H24N4O3/c1-3-15-8-4-5-9-16(15)23-20(27)14-19-21(28)25(12-13-29-2)22-24-17-10-6-7-11-18(17)26(19)22/h4-11,19H,3,12-14H2,1-2H3,(H,23,27)/t19-/m0/s1. The van der Waals surface area contributed by atoms with E-state index in [2.05, 4.69) is 10.3 Å². The average Bonchev–Trinajstić information content (AvgIpc) is 3.22. The number of nitrogens with zero attached hydrogens (tertiary/aromatic N) is 3. The molecule has 0 spiro atoms. The highest BCUT2D eigenvalue weighted by atomic mass is 16.5. The van der Waals surface area contributed by atoms with Crippen molar-refractivity contribution >= 4 is 34.5 Å². The molecule has 0 radical (unpaired) electrons. The summed E-state index contributed by atoms with van der Waals surface area (Å²) in [5.41, 5.74) is 3.51. The molecule has 4 rings (SSSR count). The van der Waals surface area contributed by atoms with E-state index < -0.39 is 6.04 Å². The molecule has 150 valence electrons. The largest absolute Gasteiger partial charge is 0.383 e. The molecule has 1 aliphatic rings. The number of carbonyl (C=O) groups excluding carboxylic acids is 2. The average molecular weight is 392 g/mol. The summed E-state index contributed by atoms with van der Waals surface area (Å²) in [5.74, 6) is 0.246. The zero-order valence-corrected chi connectivity index (χ0v) is 16.6. The molecule has 0 fully saturated rings. The maximum Gasteiger partial charge on any atom is 0.253 e. The number of para-hydroxylation sites is 3. The predicted molar refractivity (Wildman–Crippen MR) is 112 cm³/mol. The Labute approximate surface area is 169 Å². The zero-order valence-electron chi connectivity index (χ0n) is 16.6. The number of aromatic nitrogens is 2. The molecule has 0 saturated carbocycles. The van der Waals surface area contributed by atoms with E-state index in [-0.39, 0.29) is 18.2 Å². The fraction of sp³-hybridized carbons (Fsp3) is 0.318. The quantitative estimate of drug-likeness (QED) is 0.670. The minimum atomic E-state index is -0.622. The van der Waals surface area contributed by atoms with E-state index in [9.17, 15) is 9.59 Å². The highest BCUT2D eigenvalue weighted by Crippen LogP contribution is 2.36. The second kappa shape index (κ2) is 8.05. The van der Waals surface area contributed by atoms with Crippen LogP contribution in [0.3, 0.4) is 0 Å². The van der Waals surface area contributed by atoms with Crippen LogP contribution in [0.2, 0.25) is 0 Å². The van der Waals surface area contributed by atoms with Gasteiger partial charge in [0.2, 0.25) is 11.9 Å². The fourth-order valence-corrected chi connectivity index (χ4v) is 3.82. The van der Waals surface area contributed by atoms with Crippen molar-refractivity contribution in [1.29, 1.82) is 0 Å². The van der Waals surface area contributed by atoms with E-state index in [1.54, 1.807) is 12.0 Å². The van der Waals surface area contributed by atoms with Crippen LogP contribution in [0.4, 0.5) is 11.6 Å². The van der Waals surface area contributed by atoms with Crippen LogP contribution < -0.4 is 10.2 Å². The third-order valence-corrected chi connectivity index (χ3v) is 5.25. The molecule has 0 aliphatic carbocycles. The van der Waals surface area contributed by atoms with Gasteiger partial charge in [0.1, 0.15) is 6.04 Å². The van der Waals surface area contributed by atoms with Gasteiger partial charge in [0.05, 0.1) is 30.6 Å². The molecule has 2 aromatic carbocycles. The maximum atomic E-state index is 13.1. The summed E-state index contributed by atoms with van der Waals surface area (Å²) in [6.07, 6.45) is 0.869. The summed E-state index contributed by atoms with van der Waals surface area (Å²) in [6, 6.07) is 14.8. The molecule has 0 unspecified atom stereocenters. The maximum absolute atomic E-state index is 13.1. The summed E-state index contributed by atoms with van der Waals surface area (Å²) in [6.45, 7) is 2.84. The Balaban J connectivity index is 1.63. The van der Waals surface area contributed by atoms with E-state index in [1.165, 1.54) is 0 Å². The molecule has 2 amide bonds. The van der Waals surface area contributed by atoms with Crippen LogP contribution in [0.1, 0.15) is 24.9 Å². The van der Waals surface area contributed by atoms with Gasteiger partial charge in [0.15, 0.2) is 0 Å². The van der Waals surface area contributed by atoms with Crippen molar-refractivity contribution in [2.75, 3.05) is 30.5 Å². The highest BCUT2D eigenvalue weighted by molar-refractivity contribution is 6.05. The number of ether oxygens (including phenoxy) is 1. The van der Waals surface area contributed by atoms with Crippen LogP contribution in [0.25, 0.3) is 11.0 Å². The number of methoxy groups -OCH3 is 1. The number of hydrogen-bond acceptors (Lipinski definition) is 4. The molecular formula is C22H24N4O3. The van der Waals surface area contributed by atoms with Crippen molar-refractivity contribution in [3.63, 3.8) is 0 Å². The Morgan fingerprint density at radius 1 is 1.17 bits per heavy atom. The number of amides is 2. The van der Waals surface area contributed by atoms with Gasteiger partial charge in [-0.2, -0.15) is 0 Å². The lowest BCUT2D eigenvalue weighted by atomic mass is 10.1. The van der Waals surface area contributed by atoms with Gasteiger partial charge in [-0.1, -0.05) is 37.3 Å². The van der Waals surface area contributed by atoms with E-state index in [1.807, 2.05) is 60.0 Å². The van der Waals surface area contributed by atoms with Crippen LogP contribution in [-0.2, 0) is 20.7 Å². The van der Waals surface area contributed by atoms with Crippen molar-refractivity contribution in [2.24, 2.45) is 0 Å². The molecular weight excluding hydrogens is 368 g/mol. The molecule has 29 heavy (non-hydrogen) atoms. The Bertz CT molecular complexity index is 1060. The molecule has 1 aromatic heterocycles. The van der Waals surface area contributed by atoms with Crippen molar-refractivity contribution in [2.45, 2.75) is 25.8 Å². The summed E-state index contributed by atoms with van der Waals surface area (Å²) in [5, 5.41) is 2.97. The number of hydrogen-bond donors (Lipinski definition) is 1. The Morgan fingerprint density at radius 2 is 1.93 bits per heavy atom. The topological polar surface area (TPSA) is 76.5 Å². The van der Waals surface area contributed by atoms with Gasteiger partial charge in [0.25, 0.3) is 5.91 Å². The minimum Gasteiger partial charge on any atom is -0.383 e. The number of fused-ring (bicyclic) bond motifs is 3. The van der Waals surface area contributed by atoms with Crippen molar-refractivity contribution in [1.82, 2.24) is 9.55 Å². The lowest BCUT2D eigenvalue weighted by Gasteiger charge is -2.16. The Morgan fingerprint density at radius 3 is 2.72 bits per heavy atom. The first-order valence-electron chi connectivity index (χ1n) is 9.79. The van der Waals surface area contributed by atoms with Crippen LogP contribution >= 0.6 is 0 Å². The zero-order chi connectivity index (χ0) is 20.4. The second-order valence-corrected chi connectivity index (χ2v) is 7.03. The third kappa shape index (κ3) is 3.49. The number of nitrogens with one attached hydrogen (secondary N) is 1. The monoisotopic (exact) mass is 392 g/mol. The second-order valence-electron chi connectivity index (χ2n) is 7.03. The summed E-state index contributed by atoms with van der Waals surface area (Å²) < 4.78 is 7.03. The van der Waals surface area contributed by atoms with Crippen molar-refractivity contribution in [3.05, 3.63) is 54.1 Å². The highest BCUT2D eigenvalue weighted by Gasteiger charge is 2.40. The van der Waals surface area contributed by atoms with Crippen molar-refractivity contribution < 1.29 is 14.3 Å². The Kier molecular flexibility index (Phi) is 5.31. The molecule has 1 N–H and O–H groups in total. The molecule has 1 atom stereocenters. The van der Waals surface area contributed by atoms with E-state index in [0.29, 0.717) is 19.1 Å². The molecule has 3 aromatic rings. The fourth-order valence-electron chi connectivity index (χ4n) is 3.82. The van der Waals surface area contributed by atoms with Crippen molar-refractivity contribution in [3.8, 4) is 0 Å². The smallest absolute Gasteiger partial charge is 0.253 e. The van der Waals surface area contributed by atoms with Crippen LogP contribution in [-0.4, -0.2) is 41.6 Å². The number of aryl methyl sites for hydroxylation is 1. The number of benzene rings is 2. The lowest BCUT2D eigenvalue weighted by Crippen LogP contribution is -2.33. The third-order valence-electron chi connectivity index (χ3n) is 5.25. The first-order valence-corrected chi connectivity index (χ1v) is 9.79. The van der Waals surface area contributed by atoms with Crippen LogP contribution in [0.15, 0.2) is 48.5 Å². The van der Waals surface area contributed by atoms with Crippen LogP contribution in [0.5, 0.6) is 0 Å². The normalized spacial score (nSPS) is 15.7. The molecule has 0 bridgehead atoms. The lowest BCUT2D eigenvalue weighted by molar-refractivity contribution is -0.124. The predicted octanol–water partition coefficient (Wildman–Crippen LogP) is 3.16. The molecule has 1 aliphatic heterocycles. The first kappa shape index (κ1) is 19.1. The van der Waals surface area contributed by atoms with Gasteiger partial charge in [-0.25, -0.2) is 4.98 Å². The van der Waals surface area contributed by atoms with E-state index in [4.69, 9.17) is 4.74 Å². The SMILES string of the molecule is CCc1ccccc1NC(=O)C[C@H]1C(=O)N(CCOC)c2nc3ccccc3n21. The molecule has 7 nitrogen and oxygen atoms in total. The summed E-state index contributed by atoms with van der Waals surface area (Å²) in [4.78, 5) is 32.2. The van der Waals surface area contributed by atoms with Gasteiger partial charge in [-0.15, -0.1) is 0 Å². The van der Waals surface area contributed by atoms with E-state index >= 15 is 0 Å². The Hall–Kier alpha value is -3.19. The molecule has 2 heterocycles. The van der Waals surface area contributed by atoms with Gasteiger partial charge in [-0.05, 0) is 30.2 Å².